The van der Waals surface area contributed by atoms with Crippen molar-refractivity contribution >= 4 is 34.4 Å². The van der Waals surface area contributed by atoms with E-state index in [1.54, 1.807) is 11.8 Å². The lowest BCUT2D eigenvalue weighted by atomic mass is 9.94. The van der Waals surface area contributed by atoms with E-state index in [4.69, 9.17) is 13.9 Å². The van der Waals surface area contributed by atoms with Gasteiger partial charge in [-0.05, 0) is 54.2 Å². The fraction of sp³-hybridized carbons (Fsp3) is 0.583. The highest BCUT2D eigenvalue weighted by molar-refractivity contribution is 7.99. The van der Waals surface area contributed by atoms with Crippen molar-refractivity contribution in [2.75, 3.05) is 5.75 Å². The van der Waals surface area contributed by atoms with Crippen LogP contribution in [0.4, 0.5) is 4.79 Å². The third kappa shape index (κ3) is 9.35. The van der Waals surface area contributed by atoms with E-state index in [1.807, 2.05) is 60.0 Å². The molecule has 0 aliphatic carbocycles. The van der Waals surface area contributed by atoms with Gasteiger partial charge in [-0.25, -0.2) is 4.79 Å². The maximum absolute atomic E-state index is 13.7. The minimum Gasteiger partial charge on any atom is -0.445 e. The zero-order valence-electron chi connectivity index (χ0n) is 29.4. The zero-order valence-corrected chi connectivity index (χ0v) is 32.2. The van der Waals surface area contributed by atoms with E-state index >= 15 is 0 Å². The van der Waals surface area contributed by atoms with Crippen LogP contribution in [0.5, 0.6) is 0 Å². The normalized spacial score (nSPS) is 20.1. The first-order valence-corrected chi connectivity index (χ1v) is 23.0. The molecule has 3 rings (SSSR count). The highest BCUT2D eigenvalue weighted by atomic mass is 32.2. The molecule has 250 valence electrons. The summed E-state index contributed by atoms with van der Waals surface area (Å²) in [6.45, 7) is 28.7. The number of nitrogens with zero attached hydrogens (tertiary/aromatic N) is 1. The summed E-state index contributed by atoms with van der Waals surface area (Å²) in [6, 6.07) is 19.8. The van der Waals surface area contributed by atoms with Crippen LogP contribution in [0.2, 0.25) is 36.3 Å². The average molecular weight is 672 g/mol. The van der Waals surface area contributed by atoms with Gasteiger partial charge >= 0.3 is 6.09 Å². The van der Waals surface area contributed by atoms with E-state index < -0.39 is 47.0 Å². The molecule has 1 amide bonds. The molecule has 9 heteroatoms. The van der Waals surface area contributed by atoms with Crippen molar-refractivity contribution in [3.05, 3.63) is 78.4 Å². The third-order valence-corrected chi connectivity index (χ3v) is 20.9. The summed E-state index contributed by atoms with van der Waals surface area (Å²) < 4.78 is 22.0. The summed E-state index contributed by atoms with van der Waals surface area (Å²) in [5, 5.41) is 11.9. The fourth-order valence-electron chi connectivity index (χ4n) is 5.21. The Labute approximate surface area is 279 Å². The standard InChI is InChI=1S/C36H57NO5SSi2/c1-26(25-43-29-21-17-14-18-22-29)23-30(38)32(40-24-28-19-15-13-16-20-28)33(42-45(11,12)36(6,7)8)31-27(2)41-34(39)37(31)44(9,10)35(3,4)5/h13-22,27,30-33,38H,1,23-25H2,2-12H3/t27-,30-,31+,32+,33+/m1/s1. The van der Waals surface area contributed by atoms with Gasteiger partial charge in [0.05, 0.1) is 24.9 Å². The molecule has 1 aliphatic heterocycles. The lowest BCUT2D eigenvalue weighted by molar-refractivity contribution is -0.118. The van der Waals surface area contributed by atoms with Crippen LogP contribution in [-0.2, 0) is 20.5 Å². The molecule has 0 radical (unpaired) electrons. The SMILES string of the molecule is C=C(CSc1ccccc1)C[C@@H](O)[C@H](OCc1ccccc1)[C@@H](O[Si](C)(C)C(C)(C)C)[C@@H]1[C@@H](C)OC(=O)N1[Si](C)(C)C(C)(C)C. The van der Waals surface area contributed by atoms with E-state index in [-0.39, 0.29) is 16.2 Å². The number of hydrogen-bond donors (Lipinski definition) is 1. The van der Waals surface area contributed by atoms with Crippen LogP contribution in [-0.4, -0.2) is 68.5 Å². The van der Waals surface area contributed by atoms with Gasteiger partial charge in [-0.3, -0.25) is 0 Å². The van der Waals surface area contributed by atoms with Crippen LogP contribution in [0.1, 0.15) is 60.5 Å². The van der Waals surface area contributed by atoms with Gasteiger partial charge in [-0.2, -0.15) is 0 Å². The number of amides is 1. The number of aliphatic hydroxyl groups excluding tert-OH is 1. The van der Waals surface area contributed by atoms with Crippen LogP contribution in [0.25, 0.3) is 0 Å². The predicted molar refractivity (Wildman–Crippen MR) is 193 cm³/mol. The molecule has 0 aromatic heterocycles. The van der Waals surface area contributed by atoms with Crippen LogP contribution in [0, 0.1) is 0 Å². The second kappa shape index (κ2) is 14.9. The Bertz CT molecular complexity index is 1260. The average Bonchev–Trinajstić information content (AvgIpc) is 3.24. The Kier molecular flexibility index (Phi) is 12.4. The molecule has 1 aliphatic rings. The Morgan fingerprint density at radius 1 is 0.978 bits per heavy atom. The molecule has 0 spiro atoms. The van der Waals surface area contributed by atoms with Gasteiger partial charge in [-0.15, -0.1) is 11.8 Å². The van der Waals surface area contributed by atoms with E-state index in [9.17, 15) is 9.90 Å². The summed E-state index contributed by atoms with van der Waals surface area (Å²) >= 11 is 1.70. The van der Waals surface area contributed by atoms with E-state index in [0.29, 0.717) is 18.8 Å². The summed E-state index contributed by atoms with van der Waals surface area (Å²) in [5.41, 5.74) is 1.93. The Morgan fingerprint density at radius 3 is 2.07 bits per heavy atom. The molecule has 1 heterocycles. The van der Waals surface area contributed by atoms with Gasteiger partial charge in [-0.1, -0.05) is 115 Å². The quantitative estimate of drug-likeness (QED) is 0.123. The van der Waals surface area contributed by atoms with Crippen molar-refractivity contribution in [1.29, 1.82) is 0 Å². The molecule has 1 fully saturated rings. The molecule has 6 nitrogen and oxygen atoms in total. The molecule has 0 unspecified atom stereocenters. The first kappa shape index (κ1) is 37.6. The number of hydrogen-bond acceptors (Lipinski definition) is 6. The number of ether oxygens (including phenoxy) is 2. The zero-order chi connectivity index (χ0) is 33.8. The number of benzene rings is 2. The molecule has 45 heavy (non-hydrogen) atoms. The van der Waals surface area contributed by atoms with Crippen molar-refractivity contribution in [1.82, 2.24) is 4.57 Å². The van der Waals surface area contributed by atoms with Crippen molar-refractivity contribution < 1.29 is 23.8 Å². The van der Waals surface area contributed by atoms with Gasteiger partial charge in [0, 0.05) is 10.6 Å². The highest BCUT2D eigenvalue weighted by Gasteiger charge is 2.58. The number of aliphatic hydroxyl groups is 1. The number of carbonyl (C=O) groups is 1. The van der Waals surface area contributed by atoms with Crippen LogP contribution >= 0.6 is 11.8 Å². The lowest BCUT2D eigenvalue weighted by Gasteiger charge is -2.50. The molecular weight excluding hydrogens is 615 g/mol. The summed E-state index contributed by atoms with van der Waals surface area (Å²) in [4.78, 5) is 14.9. The van der Waals surface area contributed by atoms with Crippen molar-refractivity contribution in [3.8, 4) is 0 Å². The van der Waals surface area contributed by atoms with Crippen molar-refractivity contribution in [2.24, 2.45) is 0 Å². The van der Waals surface area contributed by atoms with Gasteiger partial charge in [0.1, 0.15) is 12.2 Å². The maximum atomic E-state index is 13.7. The number of thioether (sulfide) groups is 1. The van der Waals surface area contributed by atoms with Crippen LogP contribution in [0.15, 0.2) is 77.7 Å². The molecule has 0 saturated carbocycles. The van der Waals surface area contributed by atoms with Gasteiger partial charge in [0.25, 0.3) is 0 Å². The molecule has 2 aromatic rings. The topological polar surface area (TPSA) is 68.2 Å². The van der Waals surface area contributed by atoms with E-state index in [2.05, 4.69) is 86.4 Å². The molecule has 1 saturated heterocycles. The maximum Gasteiger partial charge on any atom is 0.402 e. The summed E-state index contributed by atoms with van der Waals surface area (Å²) in [6.07, 6.45) is -2.64. The monoisotopic (exact) mass is 671 g/mol. The first-order chi connectivity index (χ1) is 20.8. The lowest BCUT2D eigenvalue weighted by Crippen LogP contribution is -2.66. The molecule has 0 bridgehead atoms. The van der Waals surface area contributed by atoms with E-state index in [1.165, 1.54) is 0 Å². The molecule has 5 atom stereocenters. The first-order valence-electron chi connectivity index (χ1n) is 16.1. The Morgan fingerprint density at radius 2 is 1.53 bits per heavy atom. The fourth-order valence-corrected chi connectivity index (χ4v) is 9.69. The highest BCUT2D eigenvalue weighted by Crippen LogP contribution is 2.46. The van der Waals surface area contributed by atoms with Gasteiger partial charge in [0.2, 0.25) is 0 Å². The molecule has 1 N–H and O–H groups in total. The minimum absolute atomic E-state index is 0.107. The minimum atomic E-state index is -2.44. The second-order valence-electron chi connectivity index (χ2n) is 15.5. The largest absolute Gasteiger partial charge is 0.445 e. The number of rotatable bonds is 14. The van der Waals surface area contributed by atoms with E-state index in [0.717, 1.165) is 16.0 Å². The van der Waals surface area contributed by atoms with Crippen molar-refractivity contribution in [3.63, 3.8) is 0 Å². The third-order valence-electron chi connectivity index (χ3n) is 9.95. The number of cyclic esters (lactones) is 1. The summed E-state index contributed by atoms with van der Waals surface area (Å²) in [7, 11) is -4.87. The predicted octanol–water partition coefficient (Wildman–Crippen LogP) is 9.28. The molecule has 2 aromatic carbocycles. The van der Waals surface area contributed by atoms with Crippen molar-refractivity contribution in [2.45, 2.75) is 133 Å². The Hall–Kier alpha value is -1.89. The molecular formula is C36H57NO5SSi2. The second-order valence-corrected chi connectivity index (χ2v) is 26.4. The Balaban J connectivity index is 2.06. The summed E-state index contributed by atoms with van der Waals surface area (Å²) in [5.74, 6) is 0.678. The number of carbonyl (C=O) groups excluding carboxylic acids is 1. The van der Waals surface area contributed by atoms with Gasteiger partial charge in [0.15, 0.2) is 16.6 Å². The van der Waals surface area contributed by atoms with Gasteiger partial charge < -0.3 is 23.6 Å². The van der Waals surface area contributed by atoms with Crippen LogP contribution in [0.3, 0.4) is 0 Å². The van der Waals surface area contributed by atoms with Crippen LogP contribution < -0.4 is 0 Å². The smallest absolute Gasteiger partial charge is 0.402 e.